The summed E-state index contributed by atoms with van der Waals surface area (Å²) in [5.74, 6) is 0. The highest BCUT2D eigenvalue weighted by Crippen LogP contribution is 2.49. The third kappa shape index (κ3) is 2.55. The predicted octanol–water partition coefficient (Wildman–Crippen LogP) is 10.6. The van der Waals surface area contributed by atoms with Crippen LogP contribution in [0.2, 0.25) is 0 Å². The van der Waals surface area contributed by atoms with E-state index < -0.39 is 0 Å². The smallest absolute Gasteiger partial charge is 0.0726 e. The van der Waals surface area contributed by atoms with E-state index in [1.165, 1.54) is 80.0 Å². The molecule has 0 saturated carbocycles. The molecule has 0 radical (unpaired) electrons. The van der Waals surface area contributed by atoms with Gasteiger partial charge in [0.25, 0.3) is 0 Å². The highest BCUT2D eigenvalue weighted by molar-refractivity contribution is 7.27. The lowest BCUT2D eigenvalue weighted by atomic mass is 9.96. The number of fused-ring (bicyclic) bond motifs is 13. The first-order valence-electron chi connectivity index (χ1n) is 13.0. The quantitative estimate of drug-likeness (QED) is 0.212. The van der Waals surface area contributed by atoms with Gasteiger partial charge in [-0.05, 0) is 45.1 Å². The van der Waals surface area contributed by atoms with Gasteiger partial charge in [0.2, 0.25) is 0 Å². The van der Waals surface area contributed by atoms with Crippen LogP contribution in [0.5, 0.6) is 0 Å². The van der Waals surface area contributed by atoms with Gasteiger partial charge >= 0.3 is 0 Å². The fourth-order valence-electron chi connectivity index (χ4n) is 6.59. The van der Waals surface area contributed by atoms with Gasteiger partial charge in [0.15, 0.2) is 0 Å². The molecule has 0 spiro atoms. The van der Waals surface area contributed by atoms with Crippen LogP contribution in [0, 0.1) is 0 Å². The number of rotatable bonds is 1. The van der Waals surface area contributed by atoms with Gasteiger partial charge in [-0.2, -0.15) is 0 Å². The van der Waals surface area contributed by atoms with Gasteiger partial charge in [-0.1, -0.05) is 109 Å². The van der Waals surface area contributed by atoms with Gasteiger partial charge in [-0.3, -0.25) is 0 Å². The summed E-state index contributed by atoms with van der Waals surface area (Å²) in [5.41, 5.74) is 3.79. The molecule has 2 heterocycles. The molecule has 0 bridgehead atoms. The van der Waals surface area contributed by atoms with Crippen LogP contribution in [-0.2, 0) is 0 Å². The van der Waals surface area contributed by atoms with Crippen molar-refractivity contribution in [2.75, 3.05) is 0 Å². The minimum Gasteiger partial charge on any atom is -0.307 e. The van der Waals surface area contributed by atoms with Crippen molar-refractivity contribution in [3.63, 3.8) is 0 Å². The Morgan fingerprint density at radius 1 is 0.421 bits per heavy atom. The summed E-state index contributed by atoms with van der Waals surface area (Å²) in [4.78, 5) is 0. The first-order valence-corrected chi connectivity index (χ1v) is 13.9. The molecule has 2 aromatic heterocycles. The lowest BCUT2D eigenvalue weighted by molar-refractivity contribution is 1.21. The number of para-hydroxylation sites is 1. The molecule has 1 nitrogen and oxygen atoms in total. The minimum atomic E-state index is 1.23. The second kappa shape index (κ2) is 7.44. The normalized spacial score (nSPS) is 12.2. The molecule has 0 saturated heterocycles. The molecule has 0 atom stereocenters. The summed E-state index contributed by atoms with van der Waals surface area (Å²) in [6.45, 7) is 0. The number of hydrogen-bond acceptors (Lipinski definition) is 1. The zero-order valence-corrected chi connectivity index (χ0v) is 21.3. The number of nitrogens with zero attached hydrogens (tertiary/aromatic N) is 1. The lowest BCUT2D eigenvalue weighted by Crippen LogP contribution is -1.95. The van der Waals surface area contributed by atoms with Crippen LogP contribution in [-0.4, -0.2) is 4.57 Å². The third-order valence-corrected chi connectivity index (χ3v) is 9.30. The molecule has 0 amide bonds. The van der Waals surface area contributed by atoms with E-state index in [4.69, 9.17) is 0 Å². The summed E-state index contributed by atoms with van der Waals surface area (Å²) in [5, 5.41) is 13.2. The maximum absolute atomic E-state index is 2.53. The Labute approximate surface area is 222 Å². The molecule has 0 unspecified atom stereocenters. The Bertz CT molecular complexity index is 2400. The third-order valence-electron chi connectivity index (χ3n) is 8.14. The van der Waals surface area contributed by atoms with Crippen LogP contribution in [0.4, 0.5) is 0 Å². The average Bonchev–Trinajstić information content (AvgIpc) is 3.54. The van der Waals surface area contributed by atoms with Gasteiger partial charge in [0, 0.05) is 31.6 Å². The summed E-state index contributed by atoms with van der Waals surface area (Å²) >= 11 is 1.93. The number of hydrogen-bond donors (Lipinski definition) is 0. The number of thiophene rings is 1. The minimum absolute atomic E-state index is 1.23. The van der Waals surface area contributed by atoms with Crippen LogP contribution in [0.25, 0.3) is 80.0 Å². The van der Waals surface area contributed by atoms with Crippen LogP contribution >= 0.6 is 11.3 Å². The molecule has 0 aliphatic carbocycles. The fraction of sp³-hybridized carbons (Fsp3) is 0. The van der Waals surface area contributed by atoms with Crippen LogP contribution < -0.4 is 0 Å². The van der Waals surface area contributed by atoms with Gasteiger partial charge < -0.3 is 4.57 Å². The molecular formula is C36H21NS. The van der Waals surface area contributed by atoms with Crippen molar-refractivity contribution >= 4 is 85.6 Å². The lowest BCUT2D eigenvalue weighted by Gasteiger charge is -2.13. The molecule has 0 aliphatic heterocycles. The van der Waals surface area contributed by atoms with E-state index in [9.17, 15) is 0 Å². The maximum Gasteiger partial charge on any atom is 0.0726 e. The molecule has 176 valence electrons. The summed E-state index contributed by atoms with van der Waals surface area (Å²) < 4.78 is 5.22. The van der Waals surface area contributed by atoms with E-state index in [1.54, 1.807) is 0 Å². The standard InChI is InChI=1S/C36H21NS/c1-3-13-24-22(10-1)12-9-19-29(24)37-30-18-8-7-17-28(30)32-26-15-5-6-16-27(26)34-33-25-14-4-2-11-23(25)20-21-31(33)38-36(34)35(32)37/h1-21H. The van der Waals surface area contributed by atoms with Crippen molar-refractivity contribution in [3.8, 4) is 5.69 Å². The van der Waals surface area contributed by atoms with E-state index in [1.807, 2.05) is 11.3 Å². The zero-order valence-electron chi connectivity index (χ0n) is 20.5. The molecule has 0 aliphatic rings. The Hall–Kier alpha value is -4.66. The van der Waals surface area contributed by atoms with E-state index in [-0.39, 0.29) is 0 Å². The molecule has 0 fully saturated rings. The number of aromatic nitrogens is 1. The fourth-order valence-corrected chi connectivity index (χ4v) is 7.87. The van der Waals surface area contributed by atoms with Crippen LogP contribution in [0.15, 0.2) is 127 Å². The molecule has 38 heavy (non-hydrogen) atoms. The second-order valence-corrected chi connectivity index (χ2v) is 11.1. The Balaban J connectivity index is 1.64. The highest BCUT2D eigenvalue weighted by atomic mass is 32.1. The monoisotopic (exact) mass is 499 g/mol. The summed E-state index contributed by atoms with van der Waals surface area (Å²) in [7, 11) is 0. The maximum atomic E-state index is 2.53. The van der Waals surface area contributed by atoms with Gasteiger partial charge in [-0.15, -0.1) is 11.3 Å². The van der Waals surface area contributed by atoms with E-state index >= 15 is 0 Å². The van der Waals surface area contributed by atoms with E-state index in [2.05, 4.69) is 132 Å². The summed E-state index contributed by atoms with van der Waals surface area (Å²) in [6.07, 6.45) is 0. The van der Waals surface area contributed by atoms with Crippen molar-refractivity contribution in [1.29, 1.82) is 0 Å². The Morgan fingerprint density at radius 2 is 1.03 bits per heavy atom. The molecule has 0 N–H and O–H groups in total. The zero-order chi connectivity index (χ0) is 24.8. The van der Waals surface area contributed by atoms with E-state index in [0.717, 1.165) is 0 Å². The Morgan fingerprint density at radius 3 is 1.84 bits per heavy atom. The highest BCUT2D eigenvalue weighted by Gasteiger charge is 2.22. The molecule has 9 aromatic rings. The second-order valence-electron chi connectivity index (χ2n) is 10.1. The van der Waals surface area contributed by atoms with E-state index in [0.29, 0.717) is 0 Å². The first kappa shape index (κ1) is 20.4. The van der Waals surface area contributed by atoms with Gasteiger partial charge in [0.05, 0.1) is 21.4 Å². The van der Waals surface area contributed by atoms with Crippen LogP contribution in [0.1, 0.15) is 0 Å². The predicted molar refractivity (Wildman–Crippen MR) is 166 cm³/mol. The van der Waals surface area contributed by atoms with Crippen molar-refractivity contribution in [2.24, 2.45) is 0 Å². The Kier molecular flexibility index (Phi) is 3.99. The summed E-state index contributed by atoms with van der Waals surface area (Å²) in [6, 6.07) is 46.7. The SMILES string of the molecule is c1ccc2c(-n3c4ccccc4c4c5ccccc5c5c(sc6ccc7ccccc7c65)c43)cccc2c1. The topological polar surface area (TPSA) is 4.93 Å². The molecular weight excluding hydrogens is 478 g/mol. The number of benzene rings is 7. The van der Waals surface area contributed by atoms with Crippen molar-refractivity contribution in [2.45, 2.75) is 0 Å². The first-order chi connectivity index (χ1) is 18.9. The molecule has 9 rings (SSSR count). The van der Waals surface area contributed by atoms with Crippen molar-refractivity contribution in [3.05, 3.63) is 127 Å². The average molecular weight is 500 g/mol. The largest absolute Gasteiger partial charge is 0.307 e. The van der Waals surface area contributed by atoms with Crippen molar-refractivity contribution in [1.82, 2.24) is 4.57 Å². The van der Waals surface area contributed by atoms with Crippen LogP contribution in [0.3, 0.4) is 0 Å². The van der Waals surface area contributed by atoms with Crippen molar-refractivity contribution < 1.29 is 0 Å². The molecule has 2 heteroatoms. The van der Waals surface area contributed by atoms with Gasteiger partial charge in [-0.25, -0.2) is 0 Å². The molecule has 7 aromatic carbocycles. The van der Waals surface area contributed by atoms with Gasteiger partial charge in [0.1, 0.15) is 0 Å².